The molecule has 19 heavy (non-hydrogen) atoms. The molecule has 0 aromatic heterocycles. The first-order chi connectivity index (χ1) is 9.22. The number of halogens is 1. The first kappa shape index (κ1) is 13.9. The number of methoxy groups -OCH3 is 1. The molecular formula is C15H16FNOS. The molecule has 2 nitrogen and oxygen atoms in total. The molecule has 0 fully saturated rings. The minimum atomic E-state index is -0.209. The van der Waals surface area contributed by atoms with Crippen LogP contribution in [0.4, 0.5) is 4.39 Å². The third-order valence-electron chi connectivity index (χ3n) is 2.70. The molecule has 0 amide bonds. The van der Waals surface area contributed by atoms with Gasteiger partial charge in [-0.3, -0.25) is 0 Å². The summed E-state index contributed by atoms with van der Waals surface area (Å²) in [4.78, 5) is 1.55. The Morgan fingerprint density at radius 3 is 2.74 bits per heavy atom. The van der Waals surface area contributed by atoms with Crippen molar-refractivity contribution in [1.82, 2.24) is 0 Å². The van der Waals surface area contributed by atoms with Crippen LogP contribution in [0.3, 0.4) is 0 Å². The number of nitrogens with two attached hydrogens (primary N) is 1. The summed E-state index contributed by atoms with van der Waals surface area (Å²) in [6, 6.07) is 12.8. The van der Waals surface area contributed by atoms with Crippen molar-refractivity contribution in [2.24, 2.45) is 5.73 Å². The third kappa shape index (κ3) is 3.72. The van der Waals surface area contributed by atoms with Gasteiger partial charge in [0, 0.05) is 9.79 Å². The van der Waals surface area contributed by atoms with Gasteiger partial charge < -0.3 is 10.5 Å². The van der Waals surface area contributed by atoms with E-state index in [0.717, 1.165) is 16.2 Å². The van der Waals surface area contributed by atoms with E-state index in [-0.39, 0.29) is 5.82 Å². The van der Waals surface area contributed by atoms with Crippen molar-refractivity contribution in [3.63, 3.8) is 0 Å². The predicted octanol–water partition coefficient (Wildman–Crippen LogP) is 3.49. The molecule has 0 aliphatic carbocycles. The molecule has 2 rings (SSSR count). The smallest absolute Gasteiger partial charge is 0.137 e. The lowest BCUT2D eigenvalue weighted by molar-refractivity contribution is 0.413. The Balaban J connectivity index is 2.18. The fraction of sp³-hybridized carbons (Fsp3) is 0.200. The molecule has 2 aromatic rings. The minimum Gasteiger partial charge on any atom is -0.497 e. The summed E-state index contributed by atoms with van der Waals surface area (Å²) < 4.78 is 19.1. The van der Waals surface area contributed by atoms with Gasteiger partial charge in [-0.25, -0.2) is 4.39 Å². The fourth-order valence-corrected chi connectivity index (χ4v) is 2.61. The number of hydrogen-bond acceptors (Lipinski definition) is 3. The molecule has 0 atom stereocenters. The topological polar surface area (TPSA) is 35.2 Å². The highest BCUT2D eigenvalue weighted by Gasteiger charge is 2.06. The Bertz CT molecular complexity index is 560. The average Bonchev–Trinajstić information content (AvgIpc) is 2.42. The predicted molar refractivity (Wildman–Crippen MR) is 76.3 cm³/mol. The average molecular weight is 277 g/mol. The number of rotatable bonds is 5. The standard InChI is InChI=1S/C15H16FNOS/c1-18-12-3-2-4-13(10-12)19-15-6-5-11(7-8-17)9-14(15)16/h2-6,9-10H,7-8,17H2,1H3. The number of ether oxygens (including phenoxy) is 1. The van der Waals surface area contributed by atoms with Gasteiger partial charge >= 0.3 is 0 Å². The maximum atomic E-state index is 13.9. The lowest BCUT2D eigenvalue weighted by Crippen LogP contribution is -2.02. The van der Waals surface area contributed by atoms with Gasteiger partial charge in [-0.1, -0.05) is 23.9 Å². The lowest BCUT2D eigenvalue weighted by atomic mass is 10.1. The van der Waals surface area contributed by atoms with Crippen molar-refractivity contribution in [1.29, 1.82) is 0 Å². The lowest BCUT2D eigenvalue weighted by Gasteiger charge is -2.07. The molecule has 0 aliphatic rings. The van der Waals surface area contributed by atoms with Crippen LogP contribution in [0.2, 0.25) is 0 Å². The minimum absolute atomic E-state index is 0.209. The van der Waals surface area contributed by atoms with E-state index in [9.17, 15) is 4.39 Å². The highest BCUT2D eigenvalue weighted by molar-refractivity contribution is 7.99. The molecular weight excluding hydrogens is 261 g/mol. The zero-order valence-electron chi connectivity index (χ0n) is 10.7. The van der Waals surface area contributed by atoms with Crippen LogP contribution in [0.1, 0.15) is 5.56 Å². The van der Waals surface area contributed by atoms with Gasteiger partial charge in [0.05, 0.1) is 7.11 Å². The van der Waals surface area contributed by atoms with Crippen LogP contribution in [-0.4, -0.2) is 13.7 Å². The Morgan fingerprint density at radius 2 is 2.05 bits per heavy atom. The van der Waals surface area contributed by atoms with E-state index >= 15 is 0 Å². The molecule has 2 aromatic carbocycles. The third-order valence-corrected chi connectivity index (χ3v) is 3.74. The molecule has 2 N–H and O–H groups in total. The largest absolute Gasteiger partial charge is 0.497 e. The van der Waals surface area contributed by atoms with Gasteiger partial charge in [-0.15, -0.1) is 0 Å². The fourth-order valence-electron chi connectivity index (χ4n) is 1.74. The van der Waals surface area contributed by atoms with Gasteiger partial charge in [0.25, 0.3) is 0 Å². The zero-order chi connectivity index (χ0) is 13.7. The summed E-state index contributed by atoms with van der Waals surface area (Å²) in [5, 5.41) is 0. The van der Waals surface area contributed by atoms with E-state index in [4.69, 9.17) is 10.5 Å². The van der Waals surface area contributed by atoms with E-state index < -0.39 is 0 Å². The van der Waals surface area contributed by atoms with Crippen molar-refractivity contribution >= 4 is 11.8 Å². The second-order valence-electron chi connectivity index (χ2n) is 4.08. The Labute approximate surface area is 116 Å². The van der Waals surface area contributed by atoms with Crippen molar-refractivity contribution in [3.8, 4) is 5.75 Å². The second kappa shape index (κ2) is 6.59. The Morgan fingerprint density at radius 1 is 1.21 bits per heavy atom. The van der Waals surface area contributed by atoms with Gasteiger partial charge in [0.15, 0.2) is 0 Å². The highest BCUT2D eigenvalue weighted by atomic mass is 32.2. The maximum Gasteiger partial charge on any atom is 0.137 e. The van der Waals surface area contributed by atoms with Gasteiger partial charge in [0.1, 0.15) is 11.6 Å². The first-order valence-electron chi connectivity index (χ1n) is 6.03. The molecule has 4 heteroatoms. The number of benzene rings is 2. The first-order valence-corrected chi connectivity index (χ1v) is 6.85. The number of hydrogen-bond donors (Lipinski definition) is 1. The van der Waals surface area contributed by atoms with Gasteiger partial charge in [-0.05, 0) is 48.9 Å². The van der Waals surface area contributed by atoms with E-state index in [1.54, 1.807) is 19.2 Å². The molecule has 0 saturated heterocycles. The summed E-state index contributed by atoms with van der Waals surface area (Å²) in [7, 11) is 1.62. The monoisotopic (exact) mass is 277 g/mol. The van der Waals surface area contributed by atoms with Crippen molar-refractivity contribution in [2.75, 3.05) is 13.7 Å². The molecule has 0 unspecified atom stereocenters. The normalized spacial score (nSPS) is 10.5. The summed E-state index contributed by atoms with van der Waals surface area (Å²) in [6.45, 7) is 0.530. The van der Waals surface area contributed by atoms with Crippen LogP contribution >= 0.6 is 11.8 Å². The SMILES string of the molecule is COc1cccc(Sc2ccc(CCN)cc2F)c1. The molecule has 0 bridgehead atoms. The van der Waals surface area contributed by atoms with Crippen molar-refractivity contribution < 1.29 is 9.13 Å². The molecule has 0 spiro atoms. The summed E-state index contributed by atoms with van der Waals surface area (Å²) in [5.74, 6) is 0.559. The van der Waals surface area contributed by atoms with E-state index in [2.05, 4.69) is 0 Å². The molecule has 0 radical (unpaired) electrons. The van der Waals surface area contributed by atoms with E-state index in [0.29, 0.717) is 17.9 Å². The molecule has 0 saturated carbocycles. The summed E-state index contributed by atoms with van der Waals surface area (Å²) in [5.41, 5.74) is 6.39. The zero-order valence-corrected chi connectivity index (χ0v) is 11.5. The summed E-state index contributed by atoms with van der Waals surface area (Å²) >= 11 is 1.38. The van der Waals surface area contributed by atoms with Crippen LogP contribution in [0.5, 0.6) is 5.75 Å². The van der Waals surface area contributed by atoms with Crippen molar-refractivity contribution in [3.05, 3.63) is 53.8 Å². The van der Waals surface area contributed by atoms with Crippen LogP contribution in [0.15, 0.2) is 52.3 Å². The van der Waals surface area contributed by atoms with Crippen LogP contribution in [-0.2, 0) is 6.42 Å². The molecule has 0 heterocycles. The maximum absolute atomic E-state index is 13.9. The van der Waals surface area contributed by atoms with Crippen LogP contribution < -0.4 is 10.5 Å². The Hall–Kier alpha value is -1.52. The Kier molecular flexibility index (Phi) is 4.82. The van der Waals surface area contributed by atoms with Gasteiger partial charge in [-0.2, -0.15) is 0 Å². The molecule has 0 aliphatic heterocycles. The van der Waals surface area contributed by atoms with Gasteiger partial charge in [0.2, 0.25) is 0 Å². The van der Waals surface area contributed by atoms with Crippen LogP contribution in [0.25, 0.3) is 0 Å². The van der Waals surface area contributed by atoms with Crippen LogP contribution in [0, 0.1) is 5.82 Å². The van der Waals surface area contributed by atoms with E-state index in [1.165, 1.54) is 11.8 Å². The van der Waals surface area contributed by atoms with E-state index in [1.807, 2.05) is 30.3 Å². The summed E-state index contributed by atoms with van der Waals surface area (Å²) in [6.07, 6.45) is 0.695. The quantitative estimate of drug-likeness (QED) is 0.908. The second-order valence-corrected chi connectivity index (χ2v) is 5.20. The molecule has 100 valence electrons. The highest BCUT2D eigenvalue weighted by Crippen LogP contribution is 2.32. The van der Waals surface area contributed by atoms with Crippen molar-refractivity contribution in [2.45, 2.75) is 16.2 Å².